The topological polar surface area (TPSA) is 65.3 Å². The van der Waals surface area contributed by atoms with Crippen LogP contribution >= 0.6 is 34.5 Å². The second-order valence-corrected chi connectivity index (χ2v) is 9.22. The average Bonchev–Trinajstić information content (AvgIpc) is 3.48. The third-order valence-corrected chi connectivity index (χ3v) is 7.38. The number of thiophene rings is 1. The van der Waals surface area contributed by atoms with Crippen molar-refractivity contribution in [1.29, 1.82) is 0 Å². The Hall–Kier alpha value is -2.61. The van der Waals surface area contributed by atoms with Crippen molar-refractivity contribution >= 4 is 50.4 Å². The highest BCUT2D eigenvalue weighted by molar-refractivity contribution is 7.19. The van der Waals surface area contributed by atoms with Crippen molar-refractivity contribution in [3.05, 3.63) is 73.1 Å². The number of halogens is 2. The molecule has 0 saturated heterocycles. The van der Waals surface area contributed by atoms with Crippen molar-refractivity contribution in [3.63, 3.8) is 0 Å². The summed E-state index contributed by atoms with van der Waals surface area (Å²) in [4.78, 5) is 20.4. The molecule has 5 aromatic rings. The first-order valence-corrected chi connectivity index (χ1v) is 11.1. The van der Waals surface area contributed by atoms with Crippen molar-refractivity contribution < 1.29 is 4.42 Å². The molecule has 0 unspecified atom stereocenters. The van der Waals surface area contributed by atoms with Crippen LogP contribution in [0, 0.1) is 0 Å². The highest BCUT2D eigenvalue weighted by Gasteiger charge is 2.26. The third-order valence-electron chi connectivity index (χ3n) is 5.48. The van der Waals surface area contributed by atoms with Gasteiger partial charge < -0.3 is 4.42 Å². The van der Waals surface area contributed by atoms with E-state index in [0.717, 1.165) is 35.0 Å². The van der Waals surface area contributed by atoms with Crippen LogP contribution in [0.15, 0.2) is 45.8 Å². The average molecular weight is 457 g/mol. The Kier molecular flexibility index (Phi) is 4.06. The highest BCUT2D eigenvalue weighted by Crippen LogP contribution is 2.39. The molecule has 9 heteroatoms. The van der Waals surface area contributed by atoms with Crippen molar-refractivity contribution in [2.45, 2.75) is 25.8 Å². The smallest absolute Gasteiger partial charge is 0.352 e. The first kappa shape index (κ1) is 18.2. The molecule has 4 heterocycles. The molecule has 0 radical (unpaired) electrons. The van der Waals surface area contributed by atoms with Gasteiger partial charge in [-0.1, -0.05) is 29.3 Å². The van der Waals surface area contributed by atoms with E-state index in [2.05, 4.69) is 10.1 Å². The summed E-state index contributed by atoms with van der Waals surface area (Å²) in [5.74, 6) is 0.934. The van der Waals surface area contributed by atoms with Crippen LogP contribution in [0.2, 0.25) is 10.0 Å². The number of benzene rings is 1. The SMILES string of the molecule is O=c1n(Cc2ccc(Cl)cc2Cl)c2sc3c(c2c2nc(-c4ccco4)nn12)CCC3. The number of aryl methyl sites for hydroxylation is 2. The van der Waals surface area contributed by atoms with Crippen LogP contribution in [0.3, 0.4) is 0 Å². The monoisotopic (exact) mass is 456 g/mol. The van der Waals surface area contributed by atoms with E-state index in [1.165, 1.54) is 15.0 Å². The van der Waals surface area contributed by atoms with Crippen molar-refractivity contribution in [2.75, 3.05) is 0 Å². The van der Waals surface area contributed by atoms with Gasteiger partial charge in [0.1, 0.15) is 4.83 Å². The molecule has 30 heavy (non-hydrogen) atoms. The lowest BCUT2D eigenvalue weighted by atomic mass is 10.2. The van der Waals surface area contributed by atoms with E-state index in [4.69, 9.17) is 27.6 Å². The van der Waals surface area contributed by atoms with Crippen LogP contribution in [0.4, 0.5) is 0 Å². The van der Waals surface area contributed by atoms with E-state index in [1.807, 2.05) is 6.07 Å². The molecule has 0 amide bonds. The maximum absolute atomic E-state index is 13.5. The lowest BCUT2D eigenvalue weighted by molar-refractivity contribution is 0.576. The van der Waals surface area contributed by atoms with Gasteiger partial charge in [0.25, 0.3) is 0 Å². The minimum absolute atomic E-state index is 0.256. The zero-order chi connectivity index (χ0) is 20.4. The number of hydrogen-bond acceptors (Lipinski definition) is 5. The fraction of sp³-hybridized carbons (Fsp3) is 0.190. The van der Waals surface area contributed by atoms with E-state index < -0.39 is 0 Å². The number of hydrogen-bond donors (Lipinski definition) is 0. The van der Waals surface area contributed by atoms with Crippen LogP contribution in [0.5, 0.6) is 0 Å². The van der Waals surface area contributed by atoms with Crippen LogP contribution < -0.4 is 5.69 Å². The molecule has 6 rings (SSSR count). The summed E-state index contributed by atoms with van der Waals surface area (Å²) < 4.78 is 8.57. The van der Waals surface area contributed by atoms with Crippen LogP contribution in [0.25, 0.3) is 27.4 Å². The molecule has 1 aliphatic carbocycles. The molecular weight excluding hydrogens is 443 g/mol. The van der Waals surface area contributed by atoms with E-state index in [9.17, 15) is 4.79 Å². The molecule has 0 N–H and O–H groups in total. The second kappa shape index (κ2) is 6.70. The minimum atomic E-state index is -0.256. The van der Waals surface area contributed by atoms with Gasteiger partial charge in [-0.15, -0.1) is 16.4 Å². The molecule has 0 aliphatic heterocycles. The third kappa shape index (κ3) is 2.66. The van der Waals surface area contributed by atoms with Gasteiger partial charge in [0.2, 0.25) is 5.82 Å². The first-order chi connectivity index (χ1) is 14.6. The van der Waals surface area contributed by atoms with Crippen LogP contribution in [0.1, 0.15) is 22.4 Å². The van der Waals surface area contributed by atoms with Crippen molar-refractivity contribution in [1.82, 2.24) is 19.2 Å². The molecule has 1 aromatic carbocycles. The van der Waals surface area contributed by atoms with Gasteiger partial charge in [0.15, 0.2) is 11.4 Å². The molecule has 0 fully saturated rings. The highest BCUT2D eigenvalue weighted by atomic mass is 35.5. The van der Waals surface area contributed by atoms with E-state index >= 15 is 0 Å². The number of rotatable bonds is 3. The zero-order valence-corrected chi connectivity index (χ0v) is 17.9. The van der Waals surface area contributed by atoms with Gasteiger partial charge in [0.05, 0.1) is 18.2 Å². The summed E-state index contributed by atoms with van der Waals surface area (Å²) in [6, 6.07) is 8.89. The molecule has 0 spiro atoms. The van der Waals surface area contributed by atoms with Crippen LogP contribution in [-0.4, -0.2) is 19.2 Å². The lowest BCUT2D eigenvalue weighted by Gasteiger charge is -2.10. The van der Waals surface area contributed by atoms with E-state index in [0.29, 0.717) is 33.8 Å². The molecule has 0 atom stereocenters. The zero-order valence-electron chi connectivity index (χ0n) is 15.6. The first-order valence-electron chi connectivity index (χ1n) is 9.52. The predicted octanol–water partition coefficient (Wildman–Crippen LogP) is 5.21. The summed E-state index contributed by atoms with van der Waals surface area (Å²) in [7, 11) is 0. The summed E-state index contributed by atoms with van der Waals surface area (Å²) >= 11 is 14.1. The Labute approximate surface area is 184 Å². The number of furan rings is 1. The van der Waals surface area contributed by atoms with Gasteiger partial charge >= 0.3 is 5.69 Å². The Bertz CT molecular complexity index is 1500. The second-order valence-electron chi connectivity index (χ2n) is 7.29. The van der Waals surface area contributed by atoms with Crippen molar-refractivity contribution in [3.8, 4) is 11.6 Å². The molecule has 1 aliphatic rings. The molecular formula is C21H14Cl2N4O2S. The standard InChI is InChI=1S/C21H14Cl2N4O2S/c22-12-7-6-11(14(23)9-12)10-26-20-17(13-3-1-5-16(13)30-20)19-24-18(15-4-2-8-29-15)25-27(19)21(26)28/h2,4,6-9H,1,3,5,10H2. The fourth-order valence-corrected chi connectivity index (χ4v) is 5.93. The number of nitrogens with zero attached hydrogens (tertiary/aromatic N) is 4. The summed E-state index contributed by atoms with van der Waals surface area (Å²) in [5.41, 5.74) is 2.42. The van der Waals surface area contributed by atoms with Gasteiger partial charge in [0, 0.05) is 14.9 Å². The van der Waals surface area contributed by atoms with Gasteiger partial charge in [-0.2, -0.15) is 4.52 Å². The van der Waals surface area contributed by atoms with E-state index in [-0.39, 0.29) is 5.69 Å². The van der Waals surface area contributed by atoms with E-state index in [1.54, 1.807) is 46.4 Å². The summed E-state index contributed by atoms with van der Waals surface area (Å²) in [6.45, 7) is 0.330. The molecule has 0 saturated carbocycles. The Balaban J connectivity index is 1.65. The molecule has 6 nitrogen and oxygen atoms in total. The molecule has 0 bridgehead atoms. The van der Waals surface area contributed by atoms with Crippen molar-refractivity contribution in [2.24, 2.45) is 0 Å². The molecule has 4 aromatic heterocycles. The fourth-order valence-electron chi connectivity index (χ4n) is 4.09. The summed E-state index contributed by atoms with van der Waals surface area (Å²) in [6.07, 6.45) is 4.69. The van der Waals surface area contributed by atoms with Gasteiger partial charge in [-0.3, -0.25) is 4.57 Å². The number of aromatic nitrogens is 4. The lowest BCUT2D eigenvalue weighted by Crippen LogP contribution is -2.28. The predicted molar refractivity (Wildman–Crippen MR) is 118 cm³/mol. The summed E-state index contributed by atoms with van der Waals surface area (Å²) in [5, 5.41) is 6.57. The van der Waals surface area contributed by atoms with Gasteiger partial charge in [-0.25, -0.2) is 9.78 Å². The Morgan fingerprint density at radius 1 is 1.20 bits per heavy atom. The Morgan fingerprint density at radius 3 is 2.90 bits per heavy atom. The van der Waals surface area contributed by atoms with Gasteiger partial charge in [-0.05, 0) is 54.7 Å². The maximum Gasteiger partial charge on any atom is 0.352 e. The Morgan fingerprint density at radius 2 is 2.10 bits per heavy atom. The minimum Gasteiger partial charge on any atom is -0.461 e. The normalized spacial score (nSPS) is 13.5. The number of fused-ring (bicyclic) bond motifs is 5. The molecule has 150 valence electrons. The van der Waals surface area contributed by atoms with Crippen LogP contribution in [-0.2, 0) is 19.4 Å². The maximum atomic E-state index is 13.5. The quantitative estimate of drug-likeness (QED) is 0.373. The largest absolute Gasteiger partial charge is 0.461 e.